The van der Waals surface area contributed by atoms with Crippen LogP contribution in [-0.2, 0) is 10.0 Å². The number of rotatable bonds is 4. The third kappa shape index (κ3) is 3.14. The van der Waals surface area contributed by atoms with Crippen molar-refractivity contribution in [3.63, 3.8) is 0 Å². The lowest BCUT2D eigenvalue weighted by molar-refractivity contribution is 0.601. The van der Waals surface area contributed by atoms with Gasteiger partial charge in [0.15, 0.2) is 5.65 Å². The zero-order valence-corrected chi connectivity index (χ0v) is 15.7. The molecule has 142 valence electrons. The number of halogens is 2. The second-order valence-electron chi connectivity index (χ2n) is 5.89. The molecule has 2 aromatic carbocycles. The van der Waals surface area contributed by atoms with Crippen LogP contribution in [0, 0.1) is 5.82 Å². The predicted molar refractivity (Wildman–Crippen MR) is 105 cm³/mol. The lowest BCUT2D eigenvalue weighted by Gasteiger charge is -2.12. The first-order valence-electron chi connectivity index (χ1n) is 8.02. The predicted octanol–water partition coefficient (Wildman–Crippen LogP) is 3.57. The molecule has 0 atom stereocenters. The van der Waals surface area contributed by atoms with E-state index in [1.807, 2.05) is 0 Å². The van der Waals surface area contributed by atoms with Gasteiger partial charge >= 0.3 is 0 Å². The van der Waals surface area contributed by atoms with Crippen LogP contribution >= 0.6 is 11.6 Å². The number of hydrogen-bond acceptors (Lipinski definition) is 5. The number of nitrogens with zero attached hydrogens (tertiary/aromatic N) is 3. The van der Waals surface area contributed by atoms with E-state index >= 15 is 0 Å². The number of nitrogen functional groups attached to an aromatic ring is 1. The number of anilines is 2. The van der Waals surface area contributed by atoms with E-state index < -0.39 is 15.8 Å². The monoisotopic (exact) mass is 417 g/mol. The molecule has 0 radical (unpaired) electrons. The maximum Gasteiger partial charge on any atom is 0.263 e. The normalized spacial score (nSPS) is 11.6. The minimum absolute atomic E-state index is 0.0490. The zero-order valence-electron chi connectivity index (χ0n) is 14.2. The second kappa shape index (κ2) is 6.77. The maximum absolute atomic E-state index is 14.7. The molecule has 0 aliphatic carbocycles. The number of nitrogens with two attached hydrogens (primary N) is 1. The van der Waals surface area contributed by atoms with Crippen LogP contribution in [0.15, 0.2) is 65.8 Å². The number of benzene rings is 2. The molecule has 0 unspecified atom stereocenters. The molecule has 4 aromatic rings. The Bertz CT molecular complexity index is 1310. The zero-order chi connectivity index (χ0) is 19.9. The molecule has 28 heavy (non-hydrogen) atoms. The van der Waals surface area contributed by atoms with Crippen LogP contribution in [0.5, 0.6) is 0 Å². The Kier molecular flexibility index (Phi) is 4.40. The highest BCUT2D eigenvalue weighted by atomic mass is 35.5. The summed E-state index contributed by atoms with van der Waals surface area (Å²) in [5, 5.41) is 4.11. The van der Waals surface area contributed by atoms with E-state index in [1.54, 1.807) is 18.2 Å². The summed E-state index contributed by atoms with van der Waals surface area (Å²) in [4.78, 5) is 4.08. The molecule has 0 saturated carbocycles. The molecular formula is C18H13ClFN5O2S. The first-order chi connectivity index (χ1) is 13.4. The van der Waals surface area contributed by atoms with Crippen LogP contribution in [-0.4, -0.2) is 23.0 Å². The molecule has 3 N–H and O–H groups in total. The Morgan fingerprint density at radius 3 is 2.64 bits per heavy atom. The second-order valence-corrected chi connectivity index (χ2v) is 7.95. The van der Waals surface area contributed by atoms with Gasteiger partial charge in [-0.2, -0.15) is 9.61 Å². The minimum atomic E-state index is -3.97. The number of hydrogen-bond donors (Lipinski definition) is 2. The highest BCUT2D eigenvalue weighted by Crippen LogP contribution is 2.30. The van der Waals surface area contributed by atoms with Gasteiger partial charge in [-0.25, -0.2) is 17.8 Å². The molecule has 0 fully saturated rings. The van der Waals surface area contributed by atoms with E-state index in [0.717, 1.165) is 6.07 Å². The molecular weight excluding hydrogens is 405 g/mol. The van der Waals surface area contributed by atoms with Crippen LogP contribution in [0.1, 0.15) is 0 Å². The quantitative estimate of drug-likeness (QED) is 0.528. The first-order valence-corrected chi connectivity index (χ1v) is 9.88. The van der Waals surface area contributed by atoms with Gasteiger partial charge < -0.3 is 5.73 Å². The Morgan fingerprint density at radius 2 is 1.89 bits per heavy atom. The van der Waals surface area contributed by atoms with Gasteiger partial charge in [0.1, 0.15) is 16.5 Å². The lowest BCUT2D eigenvalue weighted by atomic mass is 10.1. The molecule has 2 heterocycles. The maximum atomic E-state index is 14.7. The molecule has 0 bridgehead atoms. The first kappa shape index (κ1) is 18.2. The van der Waals surface area contributed by atoms with Crippen LogP contribution in [0.3, 0.4) is 0 Å². The third-order valence-corrected chi connectivity index (χ3v) is 5.97. The molecule has 0 aliphatic rings. The van der Waals surface area contributed by atoms with Crippen LogP contribution in [0.4, 0.5) is 15.9 Å². The molecule has 4 rings (SSSR count). The molecule has 0 saturated heterocycles. The molecule has 10 heteroatoms. The van der Waals surface area contributed by atoms with Crippen molar-refractivity contribution in [2.75, 3.05) is 10.5 Å². The fourth-order valence-electron chi connectivity index (χ4n) is 2.77. The third-order valence-electron chi connectivity index (χ3n) is 4.09. The highest BCUT2D eigenvalue weighted by Gasteiger charge is 2.19. The average molecular weight is 418 g/mol. The van der Waals surface area contributed by atoms with E-state index in [9.17, 15) is 12.8 Å². The van der Waals surface area contributed by atoms with E-state index in [0.29, 0.717) is 11.2 Å². The van der Waals surface area contributed by atoms with E-state index in [-0.39, 0.29) is 27.0 Å². The van der Waals surface area contributed by atoms with Crippen molar-refractivity contribution in [1.29, 1.82) is 0 Å². The summed E-state index contributed by atoms with van der Waals surface area (Å²) in [6.45, 7) is 0. The van der Waals surface area contributed by atoms with Crippen LogP contribution < -0.4 is 10.5 Å². The number of sulfonamides is 1. The van der Waals surface area contributed by atoms with Gasteiger partial charge in [0.2, 0.25) is 0 Å². The smallest absolute Gasteiger partial charge is 0.263 e. The summed E-state index contributed by atoms with van der Waals surface area (Å²) in [5.41, 5.74) is 7.16. The molecule has 2 aromatic heterocycles. The van der Waals surface area contributed by atoms with E-state index in [1.165, 1.54) is 41.2 Å². The van der Waals surface area contributed by atoms with Gasteiger partial charge in [-0.15, -0.1) is 0 Å². The lowest BCUT2D eigenvalue weighted by Crippen LogP contribution is -2.13. The van der Waals surface area contributed by atoms with Gasteiger partial charge in [-0.3, -0.25) is 4.72 Å². The van der Waals surface area contributed by atoms with Crippen molar-refractivity contribution in [3.05, 3.63) is 71.8 Å². The van der Waals surface area contributed by atoms with Crippen LogP contribution in [0.25, 0.3) is 16.8 Å². The summed E-state index contributed by atoms with van der Waals surface area (Å²) in [7, 11) is -3.97. The SMILES string of the molecule is Nc1c(-c2ccc(NS(=O)(=O)c3ccccc3Cl)cc2F)cnc2ccnn12. The van der Waals surface area contributed by atoms with Crippen molar-refractivity contribution in [1.82, 2.24) is 14.6 Å². The Morgan fingerprint density at radius 1 is 1.11 bits per heavy atom. The van der Waals surface area contributed by atoms with E-state index in [4.69, 9.17) is 17.3 Å². The van der Waals surface area contributed by atoms with Crippen LogP contribution in [0.2, 0.25) is 5.02 Å². The van der Waals surface area contributed by atoms with Gasteiger partial charge in [-0.1, -0.05) is 23.7 Å². The fraction of sp³-hybridized carbons (Fsp3) is 0. The average Bonchev–Trinajstić information content (AvgIpc) is 3.12. The molecule has 0 aliphatic heterocycles. The Labute approximate surface area is 164 Å². The molecule has 0 spiro atoms. The largest absolute Gasteiger partial charge is 0.383 e. The summed E-state index contributed by atoms with van der Waals surface area (Å²) in [5.74, 6) is -0.447. The van der Waals surface area contributed by atoms with Gasteiger partial charge in [0.25, 0.3) is 10.0 Å². The van der Waals surface area contributed by atoms with Crippen molar-refractivity contribution in [2.45, 2.75) is 4.90 Å². The van der Waals surface area contributed by atoms with Crippen molar-refractivity contribution < 1.29 is 12.8 Å². The summed E-state index contributed by atoms with van der Waals surface area (Å²) < 4.78 is 43.4. The van der Waals surface area contributed by atoms with Gasteiger partial charge in [0.05, 0.1) is 16.9 Å². The van der Waals surface area contributed by atoms with Gasteiger partial charge in [0, 0.05) is 23.4 Å². The standard InChI is InChI=1S/C18H13ClFN5O2S/c19-14-3-1-2-4-16(14)28(26,27)24-11-5-6-12(15(20)9-11)13-10-22-17-7-8-23-25(17)18(13)21/h1-10,24H,21H2. The molecule has 0 amide bonds. The highest BCUT2D eigenvalue weighted by molar-refractivity contribution is 7.92. The number of aromatic nitrogens is 3. The van der Waals surface area contributed by atoms with Crippen molar-refractivity contribution >= 4 is 38.8 Å². The van der Waals surface area contributed by atoms with E-state index in [2.05, 4.69) is 14.8 Å². The number of fused-ring (bicyclic) bond motifs is 1. The topological polar surface area (TPSA) is 102 Å². The summed E-state index contributed by atoms with van der Waals surface area (Å²) in [6, 6.07) is 11.6. The summed E-state index contributed by atoms with van der Waals surface area (Å²) >= 11 is 5.94. The fourth-order valence-corrected chi connectivity index (χ4v) is 4.34. The Hall–Kier alpha value is -3.17. The molecule has 7 nitrogen and oxygen atoms in total. The van der Waals surface area contributed by atoms with Gasteiger partial charge in [-0.05, 0) is 30.3 Å². The Balaban J connectivity index is 1.70. The minimum Gasteiger partial charge on any atom is -0.383 e. The summed E-state index contributed by atoms with van der Waals surface area (Å²) in [6.07, 6.45) is 2.98. The number of nitrogens with one attached hydrogen (secondary N) is 1. The van der Waals surface area contributed by atoms with Crippen molar-refractivity contribution in [2.24, 2.45) is 0 Å². The van der Waals surface area contributed by atoms with Crippen molar-refractivity contribution in [3.8, 4) is 11.1 Å².